The Kier molecular flexibility index (Phi) is 7.07. The molecule has 4 rings (SSSR count). The summed E-state index contributed by atoms with van der Waals surface area (Å²) >= 11 is 3.46. The van der Waals surface area contributed by atoms with E-state index in [9.17, 15) is 4.79 Å². The number of fused-ring (bicyclic) bond motifs is 1. The van der Waals surface area contributed by atoms with Crippen molar-refractivity contribution in [2.24, 2.45) is 0 Å². The molecular formula is C26H25BrN2O5. The van der Waals surface area contributed by atoms with E-state index in [0.29, 0.717) is 52.5 Å². The summed E-state index contributed by atoms with van der Waals surface area (Å²) in [4.78, 5) is 18.5. The van der Waals surface area contributed by atoms with E-state index in [2.05, 4.69) is 15.9 Å². The zero-order valence-corrected chi connectivity index (χ0v) is 21.0. The van der Waals surface area contributed by atoms with E-state index in [1.807, 2.05) is 36.4 Å². The first-order valence-corrected chi connectivity index (χ1v) is 11.4. The number of methoxy groups -OCH3 is 4. The minimum atomic E-state index is -0.122. The van der Waals surface area contributed by atoms with Crippen molar-refractivity contribution < 1.29 is 18.9 Å². The van der Waals surface area contributed by atoms with Gasteiger partial charge in [-0.25, -0.2) is 4.98 Å². The molecule has 176 valence electrons. The van der Waals surface area contributed by atoms with Crippen molar-refractivity contribution >= 4 is 26.8 Å². The van der Waals surface area contributed by atoms with Gasteiger partial charge in [0.1, 0.15) is 11.6 Å². The third kappa shape index (κ3) is 4.59. The molecule has 0 aliphatic heterocycles. The highest BCUT2D eigenvalue weighted by Crippen LogP contribution is 2.41. The SMILES string of the molecule is COc1ccc(CCn2c(-c3cc(OC)c(OC)c(OC)c3)nc3ccc(Br)cc3c2=O)cc1. The van der Waals surface area contributed by atoms with Gasteiger partial charge in [-0.3, -0.25) is 9.36 Å². The van der Waals surface area contributed by atoms with E-state index in [-0.39, 0.29) is 5.56 Å². The fraction of sp³-hybridized carbons (Fsp3) is 0.231. The van der Waals surface area contributed by atoms with E-state index >= 15 is 0 Å². The molecule has 0 N–H and O–H groups in total. The summed E-state index contributed by atoms with van der Waals surface area (Å²) in [6, 6.07) is 16.9. The molecule has 1 heterocycles. The molecule has 0 atom stereocenters. The van der Waals surface area contributed by atoms with Gasteiger partial charge in [0.25, 0.3) is 5.56 Å². The molecule has 0 bridgehead atoms. The summed E-state index contributed by atoms with van der Waals surface area (Å²) < 4.78 is 24.3. The van der Waals surface area contributed by atoms with Crippen molar-refractivity contribution in [3.8, 4) is 34.4 Å². The fourth-order valence-corrected chi connectivity index (χ4v) is 4.23. The van der Waals surface area contributed by atoms with Crippen molar-refractivity contribution in [2.45, 2.75) is 13.0 Å². The molecule has 0 unspecified atom stereocenters. The molecule has 0 fully saturated rings. The van der Waals surface area contributed by atoms with Crippen molar-refractivity contribution in [2.75, 3.05) is 28.4 Å². The van der Waals surface area contributed by atoms with Gasteiger partial charge in [0.05, 0.1) is 39.3 Å². The third-order valence-electron chi connectivity index (χ3n) is 5.62. The van der Waals surface area contributed by atoms with Crippen molar-refractivity contribution in [1.82, 2.24) is 9.55 Å². The summed E-state index contributed by atoms with van der Waals surface area (Å²) in [5, 5.41) is 0.542. The Bertz CT molecular complexity index is 1360. The van der Waals surface area contributed by atoms with Gasteiger partial charge in [-0.1, -0.05) is 28.1 Å². The van der Waals surface area contributed by atoms with Crippen LogP contribution in [0, 0.1) is 0 Å². The lowest BCUT2D eigenvalue weighted by atomic mass is 10.1. The Hall–Kier alpha value is -3.52. The van der Waals surface area contributed by atoms with Crippen LogP contribution in [0.15, 0.2) is 63.9 Å². The van der Waals surface area contributed by atoms with Crippen LogP contribution in [-0.2, 0) is 13.0 Å². The number of rotatable bonds is 8. The van der Waals surface area contributed by atoms with Crippen LogP contribution in [-0.4, -0.2) is 38.0 Å². The first kappa shape index (κ1) is 23.6. The molecule has 8 heteroatoms. The number of ether oxygens (including phenoxy) is 4. The summed E-state index contributed by atoms with van der Waals surface area (Å²) in [6.07, 6.45) is 0.641. The lowest BCUT2D eigenvalue weighted by Crippen LogP contribution is -2.24. The molecular weight excluding hydrogens is 500 g/mol. The Labute approximate surface area is 206 Å². The maximum atomic E-state index is 13.6. The number of aromatic nitrogens is 2. The van der Waals surface area contributed by atoms with Crippen LogP contribution in [0.25, 0.3) is 22.3 Å². The largest absolute Gasteiger partial charge is 0.497 e. The predicted octanol–water partition coefficient (Wildman–Crippen LogP) is 5.10. The van der Waals surface area contributed by atoms with E-state index < -0.39 is 0 Å². The molecule has 0 saturated carbocycles. The maximum absolute atomic E-state index is 13.6. The molecule has 0 aliphatic carbocycles. The highest BCUT2D eigenvalue weighted by Gasteiger charge is 2.19. The first-order valence-electron chi connectivity index (χ1n) is 10.6. The van der Waals surface area contributed by atoms with Gasteiger partial charge >= 0.3 is 0 Å². The zero-order chi connectivity index (χ0) is 24.2. The number of hydrogen-bond acceptors (Lipinski definition) is 6. The fourth-order valence-electron chi connectivity index (χ4n) is 3.86. The van der Waals surface area contributed by atoms with Crippen LogP contribution < -0.4 is 24.5 Å². The van der Waals surface area contributed by atoms with E-state index in [1.54, 1.807) is 51.2 Å². The number of benzene rings is 3. The quantitative estimate of drug-likeness (QED) is 0.319. The van der Waals surface area contributed by atoms with Crippen LogP contribution in [0.1, 0.15) is 5.56 Å². The normalized spacial score (nSPS) is 10.9. The Morgan fingerprint density at radius 3 is 2.12 bits per heavy atom. The monoisotopic (exact) mass is 524 g/mol. The van der Waals surface area contributed by atoms with E-state index in [0.717, 1.165) is 15.8 Å². The standard InChI is InChI=1S/C26H25BrN2O5/c1-31-19-8-5-16(6-9-19)11-12-29-25(28-21-10-7-18(27)15-20(21)26(29)30)17-13-22(32-2)24(34-4)23(14-17)33-3/h5-10,13-15H,11-12H2,1-4H3. The van der Waals surface area contributed by atoms with Gasteiger partial charge in [-0.05, 0) is 54.4 Å². The van der Waals surface area contributed by atoms with Crippen molar-refractivity contribution in [3.05, 3.63) is 75.0 Å². The molecule has 0 amide bonds. The predicted molar refractivity (Wildman–Crippen MR) is 135 cm³/mol. The van der Waals surface area contributed by atoms with Crippen LogP contribution in [0.4, 0.5) is 0 Å². The van der Waals surface area contributed by atoms with E-state index in [1.165, 1.54) is 0 Å². The molecule has 4 aromatic rings. The van der Waals surface area contributed by atoms with Crippen LogP contribution >= 0.6 is 15.9 Å². The summed E-state index contributed by atoms with van der Waals surface area (Å²) in [5.41, 5.74) is 2.25. The van der Waals surface area contributed by atoms with E-state index in [4.69, 9.17) is 23.9 Å². The van der Waals surface area contributed by atoms with Gasteiger partial charge in [-0.2, -0.15) is 0 Å². The van der Waals surface area contributed by atoms with Gasteiger partial charge in [0.2, 0.25) is 5.75 Å². The lowest BCUT2D eigenvalue weighted by molar-refractivity contribution is 0.324. The van der Waals surface area contributed by atoms with Crippen LogP contribution in [0.5, 0.6) is 23.0 Å². The molecule has 1 aromatic heterocycles. The first-order chi connectivity index (χ1) is 16.5. The molecule has 0 aliphatic rings. The highest BCUT2D eigenvalue weighted by atomic mass is 79.9. The molecule has 34 heavy (non-hydrogen) atoms. The second-order valence-corrected chi connectivity index (χ2v) is 8.48. The minimum absolute atomic E-state index is 0.122. The number of nitrogens with zero attached hydrogens (tertiary/aromatic N) is 2. The van der Waals surface area contributed by atoms with Gasteiger partial charge < -0.3 is 18.9 Å². The van der Waals surface area contributed by atoms with Gasteiger partial charge in [0, 0.05) is 16.6 Å². The van der Waals surface area contributed by atoms with Gasteiger partial charge in [-0.15, -0.1) is 0 Å². The van der Waals surface area contributed by atoms with Crippen LogP contribution in [0.2, 0.25) is 0 Å². The number of hydrogen-bond donors (Lipinski definition) is 0. The number of aryl methyl sites for hydroxylation is 1. The Balaban J connectivity index is 1.88. The second-order valence-electron chi connectivity index (χ2n) is 7.57. The topological polar surface area (TPSA) is 71.8 Å². The minimum Gasteiger partial charge on any atom is -0.497 e. The molecule has 0 saturated heterocycles. The Morgan fingerprint density at radius 1 is 0.853 bits per heavy atom. The third-order valence-corrected chi connectivity index (χ3v) is 6.12. The average molecular weight is 525 g/mol. The number of halogens is 1. The van der Waals surface area contributed by atoms with Crippen LogP contribution in [0.3, 0.4) is 0 Å². The summed E-state index contributed by atoms with van der Waals surface area (Å²) in [7, 11) is 6.31. The molecule has 3 aromatic carbocycles. The lowest BCUT2D eigenvalue weighted by Gasteiger charge is -2.17. The molecule has 7 nitrogen and oxygen atoms in total. The van der Waals surface area contributed by atoms with Crippen molar-refractivity contribution in [1.29, 1.82) is 0 Å². The maximum Gasteiger partial charge on any atom is 0.261 e. The van der Waals surface area contributed by atoms with Crippen molar-refractivity contribution in [3.63, 3.8) is 0 Å². The zero-order valence-electron chi connectivity index (χ0n) is 19.4. The Morgan fingerprint density at radius 2 is 1.53 bits per heavy atom. The summed E-state index contributed by atoms with van der Waals surface area (Å²) in [5.74, 6) is 2.77. The van der Waals surface area contributed by atoms with Gasteiger partial charge in [0.15, 0.2) is 11.5 Å². The molecule has 0 spiro atoms. The second kappa shape index (κ2) is 10.2. The molecule has 0 radical (unpaired) electrons. The smallest absolute Gasteiger partial charge is 0.261 e. The highest BCUT2D eigenvalue weighted by molar-refractivity contribution is 9.10. The average Bonchev–Trinajstić information content (AvgIpc) is 2.87. The summed E-state index contributed by atoms with van der Waals surface area (Å²) in [6.45, 7) is 0.437.